The van der Waals surface area contributed by atoms with E-state index in [1.165, 1.54) is 28.6 Å². The number of methoxy groups -OCH3 is 1. The van der Waals surface area contributed by atoms with Gasteiger partial charge in [-0.15, -0.1) is 0 Å². The largest absolute Gasteiger partial charge is 0.497 e. The fraction of sp³-hybridized carbons (Fsp3) is 0.467. The average molecular weight is 244 g/mol. The Balaban J connectivity index is 2.29. The number of hydrogen-bond acceptors (Lipinski definition) is 2. The first-order valence-electron chi connectivity index (χ1n) is 6.70. The second-order valence-corrected chi connectivity index (χ2v) is 5.01. The first-order valence-corrected chi connectivity index (χ1v) is 6.70. The van der Waals surface area contributed by atoms with Gasteiger partial charge in [-0.25, -0.2) is 0 Å². The van der Waals surface area contributed by atoms with Gasteiger partial charge in [0.2, 0.25) is 0 Å². The third-order valence-corrected chi connectivity index (χ3v) is 4.03. The van der Waals surface area contributed by atoms with Crippen molar-refractivity contribution in [1.82, 2.24) is 4.57 Å². The molecule has 0 saturated carbocycles. The fourth-order valence-electron chi connectivity index (χ4n) is 3.09. The van der Waals surface area contributed by atoms with Crippen molar-refractivity contribution >= 4 is 10.9 Å². The van der Waals surface area contributed by atoms with Gasteiger partial charge in [-0.1, -0.05) is 6.92 Å². The van der Waals surface area contributed by atoms with Crippen LogP contribution < -0.4 is 10.5 Å². The summed E-state index contributed by atoms with van der Waals surface area (Å²) < 4.78 is 7.77. The van der Waals surface area contributed by atoms with E-state index in [2.05, 4.69) is 23.6 Å². The zero-order valence-electron chi connectivity index (χ0n) is 11.1. The highest BCUT2D eigenvalue weighted by atomic mass is 16.5. The van der Waals surface area contributed by atoms with Gasteiger partial charge < -0.3 is 15.0 Å². The lowest BCUT2D eigenvalue weighted by Gasteiger charge is -2.10. The van der Waals surface area contributed by atoms with E-state index in [1.807, 2.05) is 6.07 Å². The Kier molecular flexibility index (Phi) is 2.78. The van der Waals surface area contributed by atoms with Crippen molar-refractivity contribution in [2.45, 2.75) is 38.8 Å². The standard InChI is InChI=1S/C15H20N2O/c1-3-12(16)15-11-9-10(18-2)6-7-13(11)17-8-4-5-14(15)17/h6-7,9,12H,3-5,8,16H2,1-2H3/t12-/m0/s1. The number of ether oxygens (including phenoxy) is 1. The molecule has 0 fully saturated rings. The maximum absolute atomic E-state index is 6.32. The molecule has 1 atom stereocenters. The number of hydrogen-bond donors (Lipinski definition) is 1. The number of nitrogens with zero attached hydrogens (tertiary/aromatic N) is 1. The Labute approximate surface area is 108 Å². The number of aryl methyl sites for hydroxylation is 1. The van der Waals surface area contributed by atoms with Crippen LogP contribution >= 0.6 is 0 Å². The zero-order valence-corrected chi connectivity index (χ0v) is 11.1. The first kappa shape index (κ1) is 11.6. The molecule has 1 aliphatic heterocycles. The lowest BCUT2D eigenvalue weighted by Crippen LogP contribution is -2.10. The topological polar surface area (TPSA) is 40.2 Å². The Hall–Kier alpha value is -1.48. The van der Waals surface area contributed by atoms with Crippen LogP contribution in [0.4, 0.5) is 0 Å². The van der Waals surface area contributed by atoms with Gasteiger partial charge in [0.05, 0.1) is 7.11 Å². The number of nitrogens with two attached hydrogens (primary N) is 1. The van der Waals surface area contributed by atoms with Crippen LogP contribution in [0.25, 0.3) is 10.9 Å². The van der Waals surface area contributed by atoms with Crippen molar-refractivity contribution in [1.29, 1.82) is 0 Å². The summed E-state index contributed by atoms with van der Waals surface area (Å²) >= 11 is 0. The molecule has 0 aliphatic carbocycles. The molecule has 0 bridgehead atoms. The summed E-state index contributed by atoms with van der Waals surface area (Å²) in [4.78, 5) is 0. The summed E-state index contributed by atoms with van der Waals surface area (Å²) in [6, 6.07) is 6.46. The molecule has 2 aromatic rings. The third kappa shape index (κ3) is 1.54. The monoisotopic (exact) mass is 244 g/mol. The van der Waals surface area contributed by atoms with Crippen molar-refractivity contribution in [3.63, 3.8) is 0 Å². The van der Waals surface area contributed by atoms with E-state index in [0.29, 0.717) is 0 Å². The molecule has 0 unspecified atom stereocenters. The average Bonchev–Trinajstić information content (AvgIpc) is 2.97. The Morgan fingerprint density at radius 1 is 1.44 bits per heavy atom. The Bertz CT molecular complexity index is 586. The molecule has 3 heteroatoms. The molecule has 3 rings (SSSR count). The number of rotatable bonds is 3. The Morgan fingerprint density at radius 3 is 3.00 bits per heavy atom. The van der Waals surface area contributed by atoms with E-state index in [4.69, 9.17) is 10.5 Å². The van der Waals surface area contributed by atoms with Crippen molar-refractivity contribution in [3.8, 4) is 5.75 Å². The van der Waals surface area contributed by atoms with Crippen LogP contribution in [0.2, 0.25) is 0 Å². The number of aromatic nitrogens is 1. The minimum Gasteiger partial charge on any atom is -0.497 e. The van der Waals surface area contributed by atoms with Gasteiger partial charge in [0.1, 0.15) is 5.75 Å². The summed E-state index contributed by atoms with van der Waals surface area (Å²) in [6.45, 7) is 3.27. The molecule has 0 amide bonds. The molecular formula is C15H20N2O. The minimum absolute atomic E-state index is 0.133. The van der Waals surface area contributed by atoms with E-state index >= 15 is 0 Å². The molecule has 96 valence electrons. The van der Waals surface area contributed by atoms with Gasteiger partial charge in [-0.2, -0.15) is 0 Å². The van der Waals surface area contributed by atoms with Gasteiger partial charge in [0.15, 0.2) is 0 Å². The van der Waals surface area contributed by atoms with Gasteiger partial charge in [-0.05, 0) is 43.0 Å². The molecule has 2 heterocycles. The van der Waals surface area contributed by atoms with Crippen LogP contribution in [0.1, 0.15) is 37.1 Å². The molecule has 3 nitrogen and oxygen atoms in total. The molecular weight excluding hydrogens is 224 g/mol. The maximum atomic E-state index is 6.32. The van der Waals surface area contributed by atoms with Crippen molar-refractivity contribution in [2.75, 3.05) is 7.11 Å². The van der Waals surface area contributed by atoms with Gasteiger partial charge in [-0.3, -0.25) is 0 Å². The van der Waals surface area contributed by atoms with Crippen LogP contribution in [-0.2, 0) is 13.0 Å². The van der Waals surface area contributed by atoms with Crippen molar-refractivity contribution in [3.05, 3.63) is 29.5 Å². The van der Waals surface area contributed by atoms with Crippen LogP contribution in [0.15, 0.2) is 18.2 Å². The molecule has 2 N–H and O–H groups in total. The highest BCUT2D eigenvalue weighted by molar-refractivity contribution is 5.87. The zero-order chi connectivity index (χ0) is 12.7. The molecule has 0 radical (unpaired) electrons. The van der Waals surface area contributed by atoms with E-state index in [9.17, 15) is 0 Å². The van der Waals surface area contributed by atoms with Crippen molar-refractivity contribution in [2.24, 2.45) is 5.73 Å². The number of fused-ring (bicyclic) bond motifs is 3. The maximum Gasteiger partial charge on any atom is 0.119 e. The van der Waals surface area contributed by atoms with E-state index in [1.54, 1.807) is 7.11 Å². The van der Waals surface area contributed by atoms with E-state index in [0.717, 1.165) is 25.1 Å². The second kappa shape index (κ2) is 4.32. The molecule has 18 heavy (non-hydrogen) atoms. The second-order valence-electron chi connectivity index (χ2n) is 5.01. The van der Waals surface area contributed by atoms with Gasteiger partial charge >= 0.3 is 0 Å². The number of benzene rings is 1. The van der Waals surface area contributed by atoms with Gasteiger partial charge in [0.25, 0.3) is 0 Å². The van der Waals surface area contributed by atoms with Gasteiger partial charge in [0, 0.05) is 29.2 Å². The molecule has 1 aromatic heterocycles. The lowest BCUT2D eigenvalue weighted by atomic mass is 10.00. The molecule has 1 aliphatic rings. The highest BCUT2D eigenvalue weighted by Crippen LogP contribution is 2.37. The summed E-state index contributed by atoms with van der Waals surface area (Å²) in [7, 11) is 1.71. The van der Waals surface area contributed by atoms with E-state index in [-0.39, 0.29) is 6.04 Å². The predicted octanol–water partition coefficient (Wildman–Crippen LogP) is 3.01. The predicted molar refractivity (Wildman–Crippen MR) is 74.0 cm³/mol. The van der Waals surface area contributed by atoms with Crippen LogP contribution in [0, 0.1) is 0 Å². The van der Waals surface area contributed by atoms with Crippen LogP contribution in [-0.4, -0.2) is 11.7 Å². The Morgan fingerprint density at radius 2 is 2.28 bits per heavy atom. The highest BCUT2D eigenvalue weighted by Gasteiger charge is 2.24. The lowest BCUT2D eigenvalue weighted by molar-refractivity contribution is 0.415. The summed E-state index contributed by atoms with van der Waals surface area (Å²) in [5, 5.41) is 1.28. The summed E-state index contributed by atoms with van der Waals surface area (Å²) in [5.74, 6) is 0.913. The quantitative estimate of drug-likeness (QED) is 0.901. The molecule has 1 aromatic carbocycles. The van der Waals surface area contributed by atoms with Crippen molar-refractivity contribution < 1.29 is 4.74 Å². The summed E-state index contributed by atoms with van der Waals surface area (Å²) in [6.07, 6.45) is 3.37. The fourth-order valence-corrected chi connectivity index (χ4v) is 3.09. The molecule has 0 saturated heterocycles. The SMILES string of the molecule is CC[C@H](N)c1c2n(c3ccc(OC)cc13)CCC2. The smallest absolute Gasteiger partial charge is 0.119 e. The minimum atomic E-state index is 0.133. The first-order chi connectivity index (χ1) is 8.76. The summed E-state index contributed by atoms with van der Waals surface area (Å²) in [5.41, 5.74) is 10.4. The van der Waals surface area contributed by atoms with Crippen LogP contribution in [0.5, 0.6) is 5.75 Å². The normalized spacial score (nSPS) is 15.9. The van der Waals surface area contributed by atoms with Crippen LogP contribution in [0.3, 0.4) is 0 Å². The molecule has 0 spiro atoms. The third-order valence-electron chi connectivity index (χ3n) is 4.03. The van der Waals surface area contributed by atoms with E-state index < -0.39 is 0 Å².